The van der Waals surface area contributed by atoms with Crippen molar-refractivity contribution in [1.29, 1.82) is 0 Å². The molecule has 3 aromatic rings. The van der Waals surface area contributed by atoms with Crippen molar-refractivity contribution in [2.75, 3.05) is 26.2 Å². The Hall–Kier alpha value is -3.03. The molecule has 0 atom stereocenters. The van der Waals surface area contributed by atoms with Crippen LogP contribution in [0.1, 0.15) is 52.5 Å². The van der Waals surface area contributed by atoms with Crippen LogP contribution in [0.25, 0.3) is 11.1 Å². The van der Waals surface area contributed by atoms with Crippen LogP contribution < -0.4 is 5.32 Å². The van der Waals surface area contributed by atoms with Gasteiger partial charge in [-0.05, 0) is 53.5 Å². The lowest BCUT2D eigenvalue weighted by molar-refractivity contribution is 0.0946. The maximum absolute atomic E-state index is 12.1. The Balaban J connectivity index is 1.15. The summed E-state index contributed by atoms with van der Waals surface area (Å²) in [5, 5.41) is 19.8. The van der Waals surface area contributed by atoms with Crippen LogP contribution in [0.5, 0.6) is 0 Å². The molecular formula is C25H29N5O2. The van der Waals surface area contributed by atoms with Crippen LogP contribution in [-0.4, -0.2) is 57.1 Å². The Kier molecular flexibility index (Phi) is 6.01. The van der Waals surface area contributed by atoms with E-state index in [1.807, 2.05) is 4.68 Å². The number of likely N-dealkylation sites (tertiary alicyclic amines) is 1. The number of nitrogens with one attached hydrogen (secondary N) is 1. The van der Waals surface area contributed by atoms with Crippen LogP contribution in [0.3, 0.4) is 0 Å². The lowest BCUT2D eigenvalue weighted by atomic mass is 10.0. The number of nitrogens with zero attached hydrogens (tertiary/aromatic N) is 4. The third-order valence-corrected chi connectivity index (χ3v) is 6.56. The van der Waals surface area contributed by atoms with E-state index in [0.717, 1.165) is 38.9 Å². The largest absolute Gasteiger partial charge is 0.396 e. The lowest BCUT2D eigenvalue weighted by Gasteiger charge is -2.31. The van der Waals surface area contributed by atoms with E-state index < -0.39 is 0 Å². The van der Waals surface area contributed by atoms with E-state index in [2.05, 4.69) is 63.0 Å². The zero-order valence-corrected chi connectivity index (χ0v) is 18.2. The average molecular weight is 432 g/mol. The zero-order valence-electron chi connectivity index (χ0n) is 18.2. The number of benzene rings is 2. The van der Waals surface area contributed by atoms with Crippen molar-refractivity contribution in [3.63, 3.8) is 0 Å². The molecule has 0 bridgehead atoms. The normalized spacial score (nSPS) is 16.0. The summed E-state index contributed by atoms with van der Waals surface area (Å²) in [6.45, 7) is 3.46. The second kappa shape index (κ2) is 9.22. The topological polar surface area (TPSA) is 83.3 Å². The zero-order chi connectivity index (χ0) is 21.9. The van der Waals surface area contributed by atoms with Gasteiger partial charge in [0.15, 0.2) is 5.69 Å². The molecule has 32 heavy (non-hydrogen) atoms. The SMILES string of the molecule is O=C(NCCCO)c1cn(C2CCN(Cc3ccc4c(c3)Cc3ccccc3-4)CC2)nn1. The van der Waals surface area contributed by atoms with Crippen molar-refractivity contribution < 1.29 is 9.90 Å². The molecule has 1 aromatic heterocycles. The molecule has 0 radical (unpaired) electrons. The molecule has 1 saturated heterocycles. The number of hydrogen-bond donors (Lipinski definition) is 2. The van der Waals surface area contributed by atoms with Gasteiger partial charge in [0.05, 0.1) is 12.2 Å². The summed E-state index contributed by atoms with van der Waals surface area (Å²) in [4.78, 5) is 14.6. The molecule has 2 heterocycles. The molecular weight excluding hydrogens is 402 g/mol. The summed E-state index contributed by atoms with van der Waals surface area (Å²) in [5.41, 5.74) is 7.33. The lowest BCUT2D eigenvalue weighted by Crippen LogP contribution is -2.34. The quantitative estimate of drug-likeness (QED) is 0.440. The van der Waals surface area contributed by atoms with Crippen LogP contribution in [-0.2, 0) is 13.0 Å². The van der Waals surface area contributed by atoms with E-state index in [1.165, 1.54) is 27.8 Å². The summed E-state index contributed by atoms with van der Waals surface area (Å²) in [7, 11) is 0. The Bertz CT molecular complexity index is 1100. The number of rotatable bonds is 7. The molecule has 1 fully saturated rings. The molecule has 2 N–H and O–H groups in total. The van der Waals surface area contributed by atoms with Crippen molar-refractivity contribution >= 4 is 5.91 Å². The smallest absolute Gasteiger partial charge is 0.273 e. The maximum atomic E-state index is 12.1. The molecule has 1 aliphatic carbocycles. The van der Waals surface area contributed by atoms with Gasteiger partial charge >= 0.3 is 0 Å². The van der Waals surface area contributed by atoms with Crippen LogP contribution >= 0.6 is 0 Å². The highest BCUT2D eigenvalue weighted by atomic mass is 16.3. The molecule has 166 valence electrons. The van der Waals surface area contributed by atoms with Crippen LogP contribution in [0, 0.1) is 0 Å². The molecule has 1 amide bonds. The van der Waals surface area contributed by atoms with E-state index in [-0.39, 0.29) is 18.6 Å². The molecule has 0 spiro atoms. The average Bonchev–Trinajstić information content (AvgIpc) is 3.45. The molecule has 0 unspecified atom stereocenters. The van der Waals surface area contributed by atoms with E-state index in [1.54, 1.807) is 6.20 Å². The van der Waals surface area contributed by atoms with Crippen LogP contribution in [0.2, 0.25) is 0 Å². The second-order valence-electron chi connectivity index (χ2n) is 8.75. The minimum absolute atomic E-state index is 0.0602. The highest BCUT2D eigenvalue weighted by molar-refractivity contribution is 5.91. The third kappa shape index (κ3) is 4.31. The number of fused-ring (bicyclic) bond motifs is 3. The highest BCUT2D eigenvalue weighted by Crippen LogP contribution is 2.37. The Morgan fingerprint density at radius 1 is 1.09 bits per heavy atom. The van der Waals surface area contributed by atoms with Gasteiger partial charge < -0.3 is 10.4 Å². The Labute approximate surface area is 188 Å². The summed E-state index contributed by atoms with van der Waals surface area (Å²) in [6, 6.07) is 15.9. The number of carbonyl (C=O) groups excluding carboxylic acids is 1. The standard InChI is InChI=1S/C25H29N5O2/c31-13-3-10-26-25(32)24-17-30(28-27-24)21-8-11-29(12-9-21)16-18-6-7-23-20(14-18)15-19-4-1-2-5-22(19)23/h1-2,4-7,14,17,21,31H,3,8-13,15-16H2,(H,26,32). The number of aliphatic hydroxyl groups excluding tert-OH is 1. The highest BCUT2D eigenvalue weighted by Gasteiger charge is 2.24. The van der Waals surface area contributed by atoms with E-state index in [4.69, 9.17) is 5.11 Å². The third-order valence-electron chi connectivity index (χ3n) is 6.56. The van der Waals surface area contributed by atoms with E-state index in [9.17, 15) is 4.79 Å². The van der Waals surface area contributed by atoms with Crippen molar-refractivity contribution in [2.45, 2.75) is 38.3 Å². The molecule has 0 saturated carbocycles. The maximum Gasteiger partial charge on any atom is 0.273 e. The predicted octanol–water partition coefficient (Wildman–Crippen LogP) is 2.80. The fourth-order valence-corrected chi connectivity index (χ4v) is 4.83. The van der Waals surface area contributed by atoms with Gasteiger partial charge in [0.2, 0.25) is 0 Å². The number of aromatic nitrogens is 3. The number of aliphatic hydroxyl groups is 1. The number of hydrogen-bond acceptors (Lipinski definition) is 5. The van der Waals surface area contributed by atoms with Gasteiger partial charge in [0.1, 0.15) is 0 Å². The van der Waals surface area contributed by atoms with Gasteiger partial charge in [-0.2, -0.15) is 0 Å². The molecule has 2 aliphatic rings. The molecule has 7 nitrogen and oxygen atoms in total. The van der Waals surface area contributed by atoms with Gasteiger partial charge in [-0.1, -0.05) is 47.7 Å². The van der Waals surface area contributed by atoms with Gasteiger partial charge in [-0.15, -0.1) is 5.10 Å². The van der Waals surface area contributed by atoms with Gasteiger partial charge in [0, 0.05) is 32.8 Å². The van der Waals surface area contributed by atoms with Gasteiger partial charge in [0.25, 0.3) is 5.91 Å². The van der Waals surface area contributed by atoms with Crippen LogP contribution in [0.4, 0.5) is 0 Å². The summed E-state index contributed by atoms with van der Waals surface area (Å²) < 4.78 is 1.84. The molecule has 5 rings (SSSR count). The monoisotopic (exact) mass is 431 g/mol. The molecule has 7 heteroatoms. The molecule has 2 aromatic carbocycles. The number of carbonyl (C=O) groups is 1. The van der Waals surface area contributed by atoms with E-state index in [0.29, 0.717) is 18.7 Å². The number of piperidine rings is 1. The Morgan fingerprint density at radius 3 is 2.75 bits per heavy atom. The van der Waals surface area contributed by atoms with Crippen molar-refractivity contribution in [2.24, 2.45) is 0 Å². The Morgan fingerprint density at radius 2 is 1.91 bits per heavy atom. The minimum atomic E-state index is -0.235. The van der Waals surface area contributed by atoms with Crippen molar-refractivity contribution in [3.8, 4) is 11.1 Å². The fourth-order valence-electron chi connectivity index (χ4n) is 4.83. The first-order valence-corrected chi connectivity index (χ1v) is 11.4. The molecule has 1 aliphatic heterocycles. The van der Waals surface area contributed by atoms with E-state index >= 15 is 0 Å². The van der Waals surface area contributed by atoms with Crippen molar-refractivity contribution in [1.82, 2.24) is 25.2 Å². The second-order valence-corrected chi connectivity index (χ2v) is 8.75. The van der Waals surface area contributed by atoms with Crippen LogP contribution in [0.15, 0.2) is 48.7 Å². The summed E-state index contributed by atoms with van der Waals surface area (Å²) >= 11 is 0. The van der Waals surface area contributed by atoms with Crippen molar-refractivity contribution in [3.05, 3.63) is 71.0 Å². The first-order chi connectivity index (χ1) is 15.7. The van der Waals surface area contributed by atoms with Gasteiger partial charge in [-0.25, -0.2) is 4.68 Å². The predicted molar refractivity (Wildman–Crippen MR) is 122 cm³/mol. The first kappa shape index (κ1) is 20.8. The summed E-state index contributed by atoms with van der Waals surface area (Å²) in [6.07, 6.45) is 5.29. The summed E-state index contributed by atoms with van der Waals surface area (Å²) in [5.74, 6) is -0.235. The fraction of sp³-hybridized carbons (Fsp3) is 0.400. The van der Waals surface area contributed by atoms with Gasteiger partial charge in [-0.3, -0.25) is 9.69 Å². The first-order valence-electron chi connectivity index (χ1n) is 11.4. The number of amides is 1. The minimum Gasteiger partial charge on any atom is -0.396 e.